The number of amides is 1. The fourth-order valence-electron chi connectivity index (χ4n) is 1.57. The summed E-state index contributed by atoms with van der Waals surface area (Å²) in [5, 5.41) is 0. The number of nitrogens with two attached hydrogens (primary N) is 1. The third-order valence-corrected chi connectivity index (χ3v) is 2.22. The summed E-state index contributed by atoms with van der Waals surface area (Å²) in [6, 6.07) is 4.34. The quantitative estimate of drug-likeness (QED) is 0.898. The number of alkyl halides is 3. The second kappa shape index (κ2) is 5.26. The van der Waals surface area contributed by atoms with Crippen LogP contribution in [0, 0.1) is 0 Å². The molecule has 1 unspecified atom stereocenters. The van der Waals surface area contributed by atoms with E-state index in [4.69, 9.17) is 5.73 Å². The first-order valence-corrected chi connectivity index (χ1v) is 5.02. The van der Waals surface area contributed by atoms with E-state index in [0.29, 0.717) is 5.56 Å². The van der Waals surface area contributed by atoms with Gasteiger partial charge in [-0.2, -0.15) is 0 Å². The molecule has 7 heteroatoms. The van der Waals surface area contributed by atoms with Crippen LogP contribution in [-0.2, 0) is 4.79 Å². The van der Waals surface area contributed by atoms with Crippen molar-refractivity contribution in [1.82, 2.24) is 4.90 Å². The lowest BCUT2D eigenvalue weighted by atomic mass is 10.1. The zero-order chi connectivity index (χ0) is 13.9. The summed E-state index contributed by atoms with van der Waals surface area (Å²) in [6.07, 6.45) is -4.73. The number of halogens is 3. The summed E-state index contributed by atoms with van der Waals surface area (Å²) in [6.45, 7) is 0. The van der Waals surface area contributed by atoms with E-state index in [2.05, 4.69) is 4.74 Å². The molecule has 4 nitrogen and oxygen atoms in total. The van der Waals surface area contributed by atoms with Crippen LogP contribution in [0.3, 0.4) is 0 Å². The molecule has 1 aromatic carbocycles. The number of hydrogen-bond donors (Lipinski definition) is 1. The summed E-state index contributed by atoms with van der Waals surface area (Å²) >= 11 is 0. The fraction of sp³-hybridized carbons (Fsp3) is 0.364. The fourth-order valence-corrected chi connectivity index (χ4v) is 1.57. The van der Waals surface area contributed by atoms with E-state index in [9.17, 15) is 18.0 Å². The average molecular weight is 262 g/mol. The highest BCUT2D eigenvalue weighted by Crippen LogP contribution is 2.25. The minimum atomic E-state index is -4.73. The Balaban J connectivity index is 2.91. The summed E-state index contributed by atoms with van der Waals surface area (Å²) < 4.78 is 39.6. The van der Waals surface area contributed by atoms with Gasteiger partial charge in [-0.3, -0.25) is 9.69 Å². The van der Waals surface area contributed by atoms with Gasteiger partial charge >= 0.3 is 6.36 Å². The van der Waals surface area contributed by atoms with Gasteiger partial charge < -0.3 is 10.5 Å². The number of nitrogens with zero attached hydrogens (tertiary/aromatic N) is 1. The van der Waals surface area contributed by atoms with Gasteiger partial charge in [-0.15, -0.1) is 13.2 Å². The normalized spacial score (nSPS) is 13.4. The Hall–Kier alpha value is -1.76. The van der Waals surface area contributed by atoms with Crippen LogP contribution in [-0.4, -0.2) is 31.3 Å². The molecular weight excluding hydrogens is 249 g/mol. The molecule has 0 fully saturated rings. The molecule has 0 aliphatic rings. The van der Waals surface area contributed by atoms with Crippen LogP contribution in [0.25, 0.3) is 0 Å². The molecule has 0 aliphatic carbocycles. The van der Waals surface area contributed by atoms with Gasteiger partial charge in [-0.25, -0.2) is 0 Å². The van der Waals surface area contributed by atoms with Gasteiger partial charge in [0, 0.05) is 0 Å². The second-order valence-electron chi connectivity index (χ2n) is 3.89. The highest BCUT2D eigenvalue weighted by Gasteiger charge is 2.31. The van der Waals surface area contributed by atoms with Gasteiger partial charge in [0.2, 0.25) is 5.91 Å². The highest BCUT2D eigenvalue weighted by atomic mass is 19.4. The summed E-state index contributed by atoms with van der Waals surface area (Å²) in [7, 11) is 3.30. The van der Waals surface area contributed by atoms with Crippen molar-refractivity contribution in [3.8, 4) is 5.75 Å². The topological polar surface area (TPSA) is 55.6 Å². The Morgan fingerprint density at radius 2 is 1.78 bits per heavy atom. The van der Waals surface area contributed by atoms with Crippen molar-refractivity contribution >= 4 is 5.91 Å². The molecule has 1 atom stereocenters. The molecule has 0 saturated heterocycles. The molecule has 1 amide bonds. The Morgan fingerprint density at radius 1 is 1.28 bits per heavy atom. The Labute approximate surface area is 102 Å². The third kappa shape index (κ3) is 3.92. The van der Waals surface area contributed by atoms with Crippen LogP contribution < -0.4 is 10.5 Å². The van der Waals surface area contributed by atoms with Crippen molar-refractivity contribution < 1.29 is 22.7 Å². The molecule has 0 aromatic heterocycles. The number of carbonyl (C=O) groups is 1. The molecule has 0 heterocycles. The van der Waals surface area contributed by atoms with Crippen LogP contribution in [0.4, 0.5) is 13.2 Å². The molecule has 0 bridgehead atoms. The molecule has 0 saturated carbocycles. The molecule has 0 spiro atoms. The number of hydrogen-bond acceptors (Lipinski definition) is 3. The van der Waals surface area contributed by atoms with Gasteiger partial charge in [0.25, 0.3) is 0 Å². The maximum Gasteiger partial charge on any atom is 0.573 e. The lowest BCUT2D eigenvalue weighted by Crippen LogP contribution is -2.32. The maximum atomic E-state index is 12.0. The summed E-state index contributed by atoms with van der Waals surface area (Å²) in [5.41, 5.74) is 5.72. The zero-order valence-corrected chi connectivity index (χ0v) is 9.86. The smallest absolute Gasteiger partial charge is 0.406 e. The van der Waals surface area contributed by atoms with Gasteiger partial charge in [0.15, 0.2) is 0 Å². The van der Waals surface area contributed by atoms with Gasteiger partial charge in [0.05, 0.1) is 0 Å². The minimum absolute atomic E-state index is 0.340. The van der Waals surface area contributed by atoms with Gasteiger partial charge in [0.1, 0.15) is 11.8 Å². The van der Waals surface area contributed by atoms with E-state index >= 15 is 0 Å². The molecule has 18 heavy (non-hydrogen) atoms. The van der Waals surface area contributed by atoms with E-state index in [1.54, 1.807) is 19.0 Å². The predicted octanol–water partition coefficient (Wildman–Crippen LogP) is 1.67. The highest BCUT2D eigenvalue weighted by molar-refractivity contribution is 5.81. The Kier molecular flexibility index (Phi) is 4.18. The number of carbonyl (C=O) groups excluding carboxylic acids is 1. The van der Waals surface area contributed by atoms with E-state index in [0.717, 1.165) is 12.1 Å². The van der Waals surface area contributed by atoms with Crippen LogP contribution >= 0.6 is 0 Å². The molecular formula is C11H13F3N2O2. The van der Waals surface area contributed by atoms with Crippen molar-refractivity contribution in [3.63, 3.8) is 0 Å². The number of benzene rings is 1. The number of primary amides is 1. The standard InChI is InChI=1S/C11H13F3N2O2/c1-16(2)9(10(15)17)7-3-5-8(6-4-7)18-11(12,13)14/h3-6,9H,1-2H3,(H2,15,17). The molecule has 1 aromatic rings. The number of likely N-dealkylation sites (N-methyl/N-ethyl adjacent to an activating group) is 1. The predicted molar refractivity (Wildman–Crippen MR) is 58.7 cm³/mol. The van der Waals surface area contributed by atoms with Crippen LogP contribution in [0.1, 0.15) is 11.6 Å². The summed E-state index contributed by atoms with van der Waals surface area (Å²) in [5.74, 6) is -0.919. The minimum Gasteiger partial charge on any atom is -0.406 e. The molecule has 2 N–H and O–H groups in total. The van der Waals surface area contributed by atoms with Crippen LogP contribution in [0.15, 0.2) is 24.3 Å². The van der Waals surface area contributed by atoms with E-state index in [1.165, 1.54) is 12.1 Å². The maximum absolute atomic E-state index is 12.0. The molecule has 0 aliphatic heterocycles. The third-order valence-electron chi connectivity index (χ3n) is 2.22. The SMILES string of the molecule is CN(C)C(C(N)=O)c1ccc(OC(F)(F)F)cc1. The summed E-state index contributed by atoms with van der Waals surface area (Å²) in [4.78, 5) is 12.8. The van der Waals surface area contributed by atoms with Gasteiger partial charge in [-0.1, -0.05) is 12.1 Å². The zero-order valence-electron chi connectivity index (χ0n) is 9.86. The van der Waals surface area contributed by atoms with E-state index in [-0.39, 0.29) is 5.75 Å². The molecule has 100 valence electrons. The number of rotatable bonds is 4. The number of ether oxygens (including phenoxy) is 1. The Bertz CT molecular complexity index is 415. The van der Waals surface area contributed by atoms with E-state index < -0.39 is 18.3 Å². The first-order valence-electron chi connectivity index (χ1n) is 5.02. The van der Waals surface area contributed by atoms with Crippen LogP contribution in [0.2, 0.25) is 0 Å². The largest absolute Gasteiger partial charge is 0.573 e. The molecule has 1 rings (SSSR count). The van der Waals surface area contributed by atoms with Crippen molar-refractivity contribution in [2.75, 3.05) is 14.1 Å². The molecule has 0 radical (unpaired) electrons. The first kappa shape index (κ1) is 14.3. The van der Waals surface area contributed by atoms with Crippen molar-refractivity contribution in [1.29, 1.82) is 0 Å². The second-order valence-corrected chi connectivity index (χ2v) is 3.89. The Morgan fingerprint density at radius 3 is 2.11 bits per heavy atom. The van der Waals surface area contributed by atoms with Crippen LogP contribution in [0.5, 0.6) is 5.75 Å². The average Bonchev–Trinajstić information content (AvgIpc) is 2.17. The van der Waals surface area contributed by atoms with Crippen molar-refractivity contribution in [2.24, 2.45) is 5.73 Å². The lowest BCUT2D eigenvalue weighted by Gasteiger charge is -2.21. The monoisotopic (exact) mass is 262 g/mol. The van der Waals surface area contributed by atoms with Gasteiger partial charge in [-0.05, 0) is 31.8 Å². The van der Waals surface area contributed by atoms with Crippen molar-refractivity contribution in [3.05, 3.63) is 29.8 Å². The lowest BCUT2D eigenvalue weighted by molar-refractivity contribution is -0.274. The van der Waals surface area contributed by atoms with Crippen molar-refractivity contribution in [2.45, 2.75) is 12.4 Å². The van der Waals surface area contributed by atoms with E-state index in [1.807, 2.05) is 0 Å². The first-order chi connectivity index (χ1) is 8.20.